The standard InChI is InChI=1S/C25H34F6N4O6S/c1-23(2,3)18(34-22(39)25(29,30)31)21(38)35-11-13-9-24(27,28)10-15(13)17(35)20(37)33-14(8-16(26)42(4,40)41)7-12-5-6-32-19(12)36/h8,12-15,17-18H,5-7,9-11H2,1-4H3,(H,32,36)(H,33,37)(H,34,39)/b16-8-/t12-,13-,14+,15-,17+,18-/m0/s1. The molecule has 2 saturated heterocycles. The molecule has 238 valence electrons. The van der Waals surface area contributed by atoms with Crippen LogP contribution in [0.3, 0.4) is 0 Å². The van der Waals surface area contributed by atoms with Crippen LogP contribution in [0, 0.1) is 23.2 Å². The van der Waals surface area contributed by atoms with Crippen LogP contribution in [0.5, 0.6) is 0 Å². The van der Waals surface area contributed by atoms with Gasteiger partial charge in [0.05, 0.1) is 6.04 Å². The van der Waals surface area contributed by atoms with Crippen molar-refractivity contribution >= 4 is 33.5 Å². The van der Waals surface area contributed by atoms with Gasteiger partial charge in [0.15, 0.2) is 0 Å². The highest BCUT2D eigenvalue weighted by Crippen LogP contribution is 2.50. The largest absolute Gasteiger partial charge is 0.471 e. The lowest BCUT2D eigenvalue weighted by molar-refractivity contribution is -0.176. The van der Waals surface area contributed by atoms with Crippen LogP contribution in [-0.2, 0) is 29.0 Å². The highest BCUT2D eigenvalue weighted by molar-refractivity contribution is 7.94. The smallest absolute Gasteiger partial charge is 0.356 e. The van der Waals surface area contributed by atoms with E-state index in [9.17, 15) is 53.9 Å². The lowest BCUT2D eigenvalue weighted by Crippen LogP contribution is -2.60. The molecule has 3 fully saturated rings. The van der Waals surface area contributed by atoms with Crippen LogP contribution in [0.1, 0.15) is 46.5 Å². The Labute approximate surface area is 238 Å². The Kier molecular flexibility index (Phi) is 9.36. The molecule has 0 aromatic rings. The van der Waals surface area contributed by atoms with Gasteiger partial charge in [-0.1, -0.05) is 20.8 Å². The second-order valence-electron chi connectivity index (χ2n) is 12.3. The van der Waals surface area contributed by atoms with Crippen molar-refractivity contribution in [3.05, 3.63) is 11.2 Å². The number of nitrogens with zero attached hydrogens (tertiary/aromatic N) is 1. The Morgan fingerprint density at radius 2 is 1.76 bits per heavy atom. The number of nitrogens with one attached hydrogen (secondary N) is 3. The van der Waals surface area contributed by atoms with Crippen molar-refractivity contribution in [2.45, 2.75) is 76.7 Å². The molecule has 6 atom stereocenters. The molecule has 0 unspecified atom stereocenters. The predicted octanol–water partition coefficient (Wildman–Crippen LogP) is 1.82. The molecule has 17 heteroatoms. The summed E-state index contributed by atoms with van der Waals surface area (Å²) >= 11 is 0. The molecule has 0 aromatic carbocycles. The summed E-state index contributed by atoms with van der Waals surface area (Å²) in [4.78, 5) is 52.0. The van der Waals surface area contributed by atoms with Crippen molar-refractivity contribution in [3.63, 3.8) is 0 Å². The third-order valence-electron chi connectivity index (χ3n) is 7.79. The summed E-state index contributed by atoms with van der Waals surface area (Å²) in [6, 6.07) is -4.87. The molecule has 1 saturated carbocycles. The Morgan fingerprint density at radius 3 is 2.26 bits per heavy atom. The SMILES string of the molecule is CC(C)(C)[C@@H](NC(=O)C(F)(F)F)C(=O)N1C[C@@H]2CC(F)(F)C[C@@H]2[C@@H]1C(=O)N[C@@H](/C=C(/F)S(C)(=O)=O)C[C@@H]1CCNC1=O. The van der Waals surface area contributed by atoms with Gasteiger partial charge >= 0.3 is 12.1 Å². The molecule has 3 rings (SSSR count). The normalized spacial score (nSPS) is 27.7. The van der Waals surface area contributed by atoms with E-state index in [1.165, 1.54) is 20.8 Å². The Bertz CT molecular complexity index is 1250. The van der Waals surface area contributed by atoms with Crippen molar-refractivity contribution in [3.8, 4) is 0 Å². The summed E-state index contributed by atoms with van der Waals surface area (Å²) in [5.41, 5.74) is -1.31. The van der Waals surface area contributed by atoms with E-state index < -0.39 is 111 Å². The van der Waals surface area contributed by atoms with E-state index in [2.05, 4.69) is 10.6 Å². The van der Waals surface area contributed by atoms with Gasteiger partial charge in [-0.2, -0.15) is 17.6 Å². The number of carbonyl (C=O) groups excluding carboxylic acids is 4. The van der Waals surface area contributed by atoms with Gasteiger partial charge in [-0.05, 0) is 36.2 Å². The highest BCUT2D eigenvalue weighted by Gasteiger charge is 2.59. The van der Waals surface area contributed by atoms with E-state index in [1.54, 1.807) is 5.32 Å². The van der Waals surface area contributed by atoms with Crippen LogP contribution < -0.4 is 16.0 Å². The Morgan fingerprint density at radius 1 is 1.14 bits per heavy atom. The van der Waals surface area contributed by atoms with Gasteiger partial charge in [0.2, 0.25) is 38.6 Å². The Hall–Kier alpha value is -2.85. The van der Waals surface area contributed by atoms with Crippen LogP contribution in [0.2, 0.25) is 0 Å². The number of fused-ring (bicyclic) bond motifs is 1. The molecule has 0 bridgehead atoms. The average Bonchev–Trinajstić information content (AvgIpc) is 3.45. The number of hydrogen-bond acceptors (Lipinski definition) is 6. The van der Waals surface area contributed by atoms with Crippen LogP contribution in [0.15, 0.2) is 11.2 Å². The van der Waals surface area contributed by atoms with E-state index >= 15 is 0 Å². The minimum Gasteiger partial charge on any atom is -0.356 e. The molecule has 0 radical (unpaired) electrons. The molecule has 3 aliphatic rings. The van der Waals surface area contributed by atoms with Crippen LogP contribution in [0.25, 0.3) is 0 Å². The number of halogens is 6. The molecular formula is C25H34F6N4O6S. The summed E-state index contributed by atoms with van der Waals surface area (Å²) in [5, 5.41) is 4.95. The minimum absolute atomic E-state index is 0.252. The molecule has 4 amide bonds. The number of sulfone groups is 1. The van der Waals surface area contributed by atoms with Gasteiger partial charge in [0.1, 0.15) is 12.1 Å². The van der Waals surface area contributed by atoms with Crippen molar-refractivity contribution in [1.29, 1.82) is 0 Å². The summed E-state index contributed by atoms with van der Waals surface area (Å²) in [6.45, 7) is 3.97. The first-order valence-electron chi connectivity index (χ1n) is 13.2. The second-order valence-corrected chi connectivity index (χ2v) is 14.2. The van der Waals surface area contributed by atoms with E-state index in [0.29, 0.717) is 12.3 Å². The van der Waals surface area contributed by atoms with Crippen molar-refractivity contribution in [2.75, 3.05) is 19.3 Å². The third kappa shape index (κ3) is 7.75. The second kappa shape index (κ2) is 11.7. The van der Waals surface area contributed by atoms with E-state index in [0.717, 1.165) is 4.90 Å². The van der Waals surface area contributed by atoms with Gasteiger partial charge in [-0.15, -0.1) is 0 Å². The zero-order valence-electron chi connectivity index (χ0n) is 23.4. The van der Waals surface area contributed by atoms with E-state index in [1.807, 2.05) is 0 Å². The highest BCUT2D eigenvalue weighted by atomic mass is 32.2. The lowest BCUT2D eigenvalue weighted by Gasteiger charge is -2.37. The molecule has 2 aliphatic heterocycles. The number of likely N-dealkylation sites (tertiary alicyclic amines) is 1. The first-order valence-corrected chi connectivity index (χ1v) is 15.1. The molecule has 3 N–H and O–H groups in total. The Balaban J connectivity index is 1.97. The molecular weight excluding hydrogens is 598 g/mol. The molecule has 1 aliphatic carbocycles. The van der Waals surface area contributed by atoms with Gasteiger partial charge < -0.3 is 20.9 Å². The summed E-state index contributed by atoms with van der Waals surface area (Å²) in [7, 11) is -4.36. The maximum Gasteiger partial charge on any atom is 0.471 e. The fourth-order valence-electron chi connectivity index (χ4n) is 5.78. The summed E-state index contributed by atoms with van der Waals surface area (Å²) in [5.74, 6) is -11.0. The number of carbonyl (C=O) groups is 4. The monoisotopic (exact) mass is 632 g/mol. The van der Waals surface area contributed by atoms with Crippen LogP contribution >= 0.6 is 0 Å². The van der Waals surface area contributed by atoms with Crippen molar-refractivity contribution < 1.29 is 53.9 Å². The number of hydrogen-bond donors (Lipinski definition) is 3. The zero-order valence-corrected chi connectivity index (χ0v) is 24.2. The summed E-state index contributed by atoms with van der Waals surface area (Å²) < 4.78 is 106. The average molecular weight is 633 g/mol. The summed E-state index contributed by atoms with van der Waals surface area (Å²) in [6.07, 6.45) is -5.67. The first kappa shape index (κ1) is 33.6. The first-order chi connectivity index (χ1) is 19.0. The number of rotatable bonds is 8. The van der Waals surface area contributed by atoms with Crippen LogP contribution in [-0.4, -0.2) is 86.5 Å². The molecule has 10 nitrogen and oxygen atoms in total. The van der Waals surface area contributed by atoms with Gasteiger partial charge in [-0.25, -0.2) is 17.2 Å². The molecule has 42 heavy (non-hydrogen) atoms. The van der Waals surface area contributed by atoms with Crippen molar-refractivity contribution in [1.82, 2.24) is 20.9 Å². The zero-order chi connectivity index (χ0) is 32.0. The number of alkyl halides is 5. The quantitative estimate of drug-likeness (QED) is 0.349. The van der Waals surface area contributed by atoms with Gasteiger partial charge in [0, 0.05) is 38.1 Å². The fraction of sp³-hybridized carbons (Fsp3) is 0.760. The minimum atomic E-state index is -5.33. The number of amides is 4. The topological polar surface area (TPSA) is 142 Å². The van der Waals surface area contributed by atoms with Crippen LogP contribution in [0.4, 0.5) is 26.3 Å². The van der Waals surface area contributed by atoms with Gasteiger partial charge in [-0.3, -0.25) is 19.2 Å². The molecule has 0 spiro atoms. The lowest BCUT2D eigenvalue weighted by atomic mass is 9.85. The fourth-order valence-corrected chi connectivity index (χ4v) is 6.19. The maximum atomic E-state index is 14.5. The molecule has 0 aromatic heterocycles. The van der Waals surface area contributed by atoms with Gasteiger partial charge in [0.25, 0.3) is 0 Å². The molecule has 2 heterocycles. The predicted molar refractivity (Wildman–Crippen MR) is 136 cm³/mol. The van der Waals surface area contributed by atoms with Crippen molar-refractivity contribution in [2.24, 2.45) is 23.2 Å². The van der Waals surface area contributed by atoms with E-state index in [-0.39, 0.29) is 19.4 Å². The maximum absolute atomic E-state index is 14.5. The van der Waals surface area contributed by atoms with E-state index in [4.69, 9.17) is 0 Å². The third-order valence-corrected chi connectivity index (χ3v) is 8.63.